The van der Waals surface area contributed by atoms with Crippen molar-refractivity contribution in [3.8, 4) is 11.4 Å². The number of non-ortho nitro benzene ring substituents is 1. The number of hydrogen-bond acceptors (Lipinski definition) is 7. The summed E-state index contributed by atoms with van der Waals surface area (Å²) in [6.45, 7) is 5.83. The number of aromatic nitrogens is 2. The molecule has 0 aliphatic carbocycles. The van der Waals surface area contributed by atoms with Crippen LogP contribution in [0.1, 0.15) is 19.7 Å². The van der Waals surface area contributed by atoms with Crippen molar-refractivity contribution >= 4 is 11.6 Å². The lowest BCUT2D eigenvalue weighted by molar-refractivity contribution is -0.384. The normalized spacial score (nSPS) is 10.9. The molecule has 1 heterocycles. The molecule has 0 saturated carbocycles. The number of likely N-dealkylation sites (N-methyl/N-ethyl adjacent to an activating group) is 2. The van der Waals surface area contributed by atoms with Gasteiger partial charge < -0.3 is 9.42 Å². The number of nitro groups is 1. The molecule has 9 heteroatoms. The first-order valence-corrected chi connectivity index (χ1v) is 7.98. The highest BCUT2D eigenvalue weighted by atomic mass is 16.6. The molecule has 1 aromatic carbocycles. The summed E-state index contributed by atoms with van der Waals surface area (Å²) < 4.78 is 5.20. The molecule has 0 radical (unpaired) electrons. The summed E-state index contributed by atoms with van der Waals surface area (Å²) in [5.74, 6) is 0.777. The highest BCUT2D eigenvalue weighted by Crippen LogP contribution is 2.20. The molecule has 0 spiro atoms. The quantitative estimate of drug-likeness (QED) is 0.530. The van der Waals surface area contributed by atoms with Crippen molar-refractivity contribution in [3.05, 3.63) is 40.3 Å². The Morgan fingerprint density at radius 2 is 1.88 bits per heavy atom. The molecule has 1 aromatic heterocycles. The van der Waals surface area contributed by atoms with Crippen molar-refractivity contribution in [1.29, 1.82) is 0 Å². The fourth-order valence-electron chi connectivity index (χ4n) is 2.36. The van der Waals surface area contributed by atoms with E-state index in [9.17, 15) is 14.9 Å². The summed E-state index contributed by atoms with van der Waals surface area (Å²) in [5, 5.41) is 14.6. The number of amides is 1. The number of nitro benzene ring substituents is 1. The van der Waals surface area contributed by atoms with E-state index < -0.39 is 4.92 Å². The van der Waals surface area contributed by atoms with Crippen molar-refractivity contribution < 1.29 is 14.2 Å². The Morgan fingerprint density at radius 3 is 2.44 bits per heavy atom. The zero-order valence-electron chi connectivity index (χ0n) is 14.5. The Bertz CT molecular complexity index is 724. The van der Waals surface area contributed by atoms with E-state index in [0.717, 1.165) is 0 Å². The van der Waals surface area contributed by atoms with Gasteiger partial charge in [0.25, 0.3) is 5.69 Å². The average molecular weight is 347 g/mol. The Balaban J connectivity index is 1.99. The second-order valence-corrected chi connectivity index (χ2v) is 5.55. The maximum atomic E-state index is 12.1. The molecule has 134 valence electrons. The van der Waals surface area contributed by atoms with Gasteiger partial charge in [-0.3, -0.25) is 19.8 Å². The van der Waals surface area contributed by atoms with Gasteiger partial charge in [-0.05, 0) is 33.0 Å². The van der Waals surface area contributed by atoms with Crippen molar-refractivity contribution in [3.63, 3.8) is 0 Å². The van der Waals surface area contributed by atoms with E-state index in [0.29, 0.717) is 36.9 Å². The minimum absolute atomic E-state index is 0.00196. The zero-order valence-corrected chi connectivity index (χ0v) is 14.5. The molecule has 0 N–H and O–H groups in total. The Morgan fingerprint density at radius 1 is 1.24 bits per heavy atom. The van der Waals surface area contributed by atoms with Crippen LogP contribution in [0.5, 0.6) is 0 Å². The SMILES string of the molecule is CCN(CC)C(=O)CN(C)Cc1nc(-c2ccc([N+](=O)[O-])cc2)no1. The molecule has 0 bridgehead atoms. The molecule has 0 aliphatic heterocycles. The second kappa shape index (κ2) is 8.34. The highest BCUT2D eigenvalue weighted by molar-refractivity contribution is 5.78. The number of nitrogens with zero attached hydrogens (tertiary/aromatic N) is 5. The summed E-state index contributed by atoms with van der Waals surface area (Å²) in [7, 11) is 1.80. The predicted octanol–water partition coefficient (Wildman–Crippen LogP) is 1.94. The van der Waals surface area contributed by atoms with E-state index in [1.54, 1.807) is 29.0 Å². The van der Waals surface area contributed by atoms with Gasteiger partial charge in [-0.2, -0.15) is 4.98 Å². The molecule has 0 fully saturated rings. The van der Waals surface area contributed by atoms with Crippen LogP contribution in [0, 0.1) is 10.1 Å². The van der Waals surface area contributed by atoms with Gasteiger partial charge in [-0.15, -0.1) is 0 Å². The smallest absolute Gasteiger partial charge is 0.269 e. The van der Waals surface area contributed by atoms with Crippen molar-refractivity contribution in [2.45, 2.75) is 20.4 Å². The van der Waals surface area contributed by atoms with Crippen LogP contribution in [0.2, 0.25) is 0 Å². The van der Waals surface area contributed by atoms with Crippen LogP contribution in [0.25, 0.3) is 11.4 Å². The Labute approximate surface area is 145 Å². The number of carbonyl (C=O) groups is 1. The van der Waals surface area contributed by atoms with Crippen LogP contribution in [-0.4, -0.2) is 57.5 Å². The second-order valence-electron chi connectivity index (χ2n) is 5.55. The van der Waals surface area contributed by atoms with Crippen LogP contribution in [0.4, 0.5) is 5.69 Å². The topological polar surface area (TPSA) is 106 Å². The fourth-order valence-corrected chi connectivity index (χ4v) is 2.36. The van der Waals surface area contributed by atoms with Crippen LogP contribution < -0.4 is 0 Å². The average Bonchev–Trinajstić information content (AvgIpc) is 3.04. The van der Waals surface area contributed by atoms with Gasteiger partial charge in [0, 0.05) is 30.8 Å². The number of carbonyl (C=O) groups excluding carboxylic acids is 1. The van der Waals surface area contributed by atoms with Crippen molar-refractivity contribution in [1.82, 2.24) is 19.9 Å². The molecule has 0 atom stereocenters. The van der Waals surface area contributed by atoms with Gasteiger partial charge in [0.05, 0.1) is 18.0 Å². The van der Waals surface area contributed by atoms with E-state index in [2.05, 4.69) is 10.1 Å². The lowest BCUT2D eigenvalue weighted by atomic mass is 10.2. The van der Waals surface area contributed by atoms with E-state index in [1.165, 1.54) is 12.1 Å². The summed E-state index contributed by atoms with van der Waals surface area (Å²) >= 11 is 0. The molecule has 25 heavy (non-hydrogen) atoms. The summed E-state index contributed by atoms with van der Waals surface area (Å²) in [6.07, 6.45) is 0. The van der Waals surface area contributed by atoms with Gasteiger partial charge in [0.15, 0.2) is 0 Å². The number of hydrogen-bond donors (Lipinski definition) is 0. The lowest BCUT2D eigenvalue weighted by Gasteiger charge is -2.22. The summed E-state index contributed by atoms with van der Waals surface area (Å²) in [4.78, 5) is 30.1. The van der Waals surface area contributed by atoms with Gasteiger partial charge in [-0.1, -0.05) is 5.16 Å². The third kappa shape index (κ3) is 4.83. The molecular formula is C16H21N5O4. The summed E-state index contributed by atoms with van der Waals surface area (Å²) in [6, 6.07) is 5.92. The Kier molecular flexibility index (Phi) is 6.18. The van der Waals surface area contributed by atoms with Gasteiger partial charge in [0.1, 0.15) is 0 Å². The first-order valence-electron chi connectivity index (χ1n) is 7.98. The van der Waals surface area contributed by atoms with Crippen LogP contribution >= 0.6 is 0 Å². The number of rotatable bonds is 8. The third-order valence-corrected chi connectivity index (χ3v) is 3.73. The molecular weight excluding hydrogens is 326 g/mol. The standard InChI is InChI=1S/C16H21N5O4/c1-4-20(5-2)15(22)11-19(3)10-14-17-16(18-25-14)12-6-8-13(9-7-12)21(23)24/h6-9H,4-5,10-11H2,1-3H3. The lowest BCUT2D eigenvalue weighted by Crippen LogP contribution is -2.38. The zero-order chi connectivity index (χ0) is 18.4. The predicted molar refractivity (Wildman–Crippen MR) is 90.7 cm³/mol. The van der Waals surface area contributed by atoms with Gasteiger partial charge in [-0.25, -0.2) is 0 Å². The molecule has 1 amide bonds. The van der Waals surface area contributed by atoms with Gasteiger partial charge >= 0.3 is 0 Å². The maximum absolute atomic E-state index is 12.1. The first kappa shape index (κ1) is 18.5. The van der Waals surface area contributed by atoms with E-state index >= 15 is 0 Å². The molecule has 9 nitrogen and oxygen atoms in total. The third-order valence-electron chi connectivity index (χ3n) is 3.73. The molecule has 2 rings (SSSR count). The highest BCUT2D eigenvalue weighted by Gasteiger charge is 2.16. The van der Waals surface area contributed by atoms with Crippen molar-refractivity contribution in [2.75, 3.05) is 26.7 Å². The fraction of sp³-hybridized carbons (Fsp3) is 0.438. The van der Waals surface area contributed by atoms with Crippen LogP contribution in [0.15, 0.2) is 28.8 Å². The molecule has 0 unspecified atom stereocenters. The van der Waals surface area contributed by atoms with Gasteiger partial charge in [0.2, 0.25) is 17.6 Å². The van der Waals surface area contributed by atoms with E-state index in [-0.39, 0.29) is 18.1 Å². The molecule has 0 saturated heterocycles. The molecule has 2 aromatic rings. The van der Waals surface area contributed by atoms with E-state index in [1.807, 2.05) is 13.8 Å². The van der Waals surface area contributed by atoms with Crippen molar-refractivity contribution in [2.24, 2.45) is 0 Å². The maximum Gasteiger partial charge on any atom is 0.269 e. The first-order chi connectivity index (χ1) is 11.9. The summed E-state index contributed by atoms with van der Waals surface area (Å²) in [5.41, 5.74) is 0.629. The monoisotopic (exact) mass is 347 g/mol. The van der Waals surface area contributed by atoms with Crippen LogP contribution in [-0.2, 0) is 11.3 Å². The minimum Gasteiger partial charge on any atom is -0.342 e. The van der Waals surface area contributed by atoms with Crippen LogP contribution in [0.3, 0.4) is 0 Å². The Hall–Kier alpha value is -2.81. The number of benzene rings is 1. The minimum atomic E-state index is -0.465. The largest absolute Gasteiger partial charge is 0.342 e. The van der Waals surface area contributed by atoms with E-state index in [4.69, 9.17) is 4.52 Å². The molecule has 0 aliphatic rings.